The second kappa shape index (κ2) is 74.1. The standard InChI is InChI=1S/C79H160/c1-5-9-13-17-21-25-29-33-37-41-45-49-53-57-61-66-72-78(73-67-62-58-54-50-46-42-38-34-30-26-22-18-14-10-6-2)76-70-65-71-77-79(74-68-63-59-55-51-47-43-39-35-31-27-23-19-15-11-7-3)75-69-64-60-56-52-48-44-40-36-32-28-24-20-16-12-8-4/h78-79H,5-77H2,1-4H3. The van der Waals surface area contributed by atoms with Gasteiger partial charge in [-0.15, -0.1) is 0 Å². The Morgan fingerprint density at radius 3 is 0.278 bits per heavy atom. The largest absolute Gasteiger partial charge is 0.0654 e. The molecule has 0 aromatic carbocycles. The van der Waals surface area contributed by atoms with Gasteiger partial charge in [-0.3, -0.25) is 0 Å². The van der Waals surface area contributed by atoms with Gasteiger partial charge >= 0.3 is 0 Å². The Labute approximate surface area is 505 Å². The van der Waals surface area contributed by atoms with E-state index in [0.29, 0.717) is 0 Å². The van der Waals surface area contributed by atoms with Crippen LogP contribution in [0.25, 0.3) is 0 Å². The minimum atomic E-state index is 1.02. The molecule has 0 nitrogen and oxygen atoms in total. The van der Waals surface area contributed by atoms with Gasteiger partial charge in [0.25, 0.3) is 0 Å². The number of rotatable bonds is 74. The molecule has 0 aliphatic rings. The van der Waals surface area contributed by atoms with Gasteiger partial charge in [0.2, 0.25) is 0 Å². The minimum absolute atomic E-state index is 1.02. The van der Waals surface area contributed by atoms with Gasteiger partial charge in [0.1, 0.15) is 0 Å². The van der Waals surface area contributed by atoms with Gasteiger partial charge in [-0.1, -0.05) is 496 Å². The van der Waals surface area contributed by atoms with Crippen molar-refractivity contribution in [3.8, 4) is 0 Å². The fraction of sp³-hybridized carbons (Fsp3) is 1.00. The summed E-state index contributed by atoms with van der Waals surface area (Å²) < 4.78 is 0. The molecule has 0 heteroatoms. The normalized spacial score (nSPS) is 11.9. The lowest BCUT2D eigenvalue weighted by atomic mass is 9.87. The third kappa shape index (κ3) is 70.4. The van der Waals surface area contributed by atoms with Crippen molar-refractivity contribution < 1.29 is 0 Å². The predicted molar refractivity (Wildman–Crippen MR) is 367 cm³/mol. The van der Waals surface area contributed by atoms with E-state index in [1.54, 1.807) is 12.8 Å². The van der Waals surface area contributed by atoms with Crippen LogP contribution in [0.4, 0.5) is 0 Å². The molecule has 0 aliphatic heterocycles. The first-order valence-corrected chi connectivity index (χ1v) is 39.3. The van der Waals surface area contributed by atoms with Gasteiger partial charge in [-0.05, 0) is 11.8 Å². The van der Waals surface area contributed by atoms with E-state index in [1.807, 2.05) is 0 Å². The van der Waals surface area contributed by atoms with Gasteiger partial charge in [-0.2, -0.15) is 0 Å². The van der Waals surface area contributed by atoms with Crippen LogP contribution < -0.4 is 0 Å². The lowest BCUT2D eigenvalue weighted by Crippen LogP contribution is -2.03. The molecule has 0 radical (unpaired) electrons. The number of unbranched alkanes of at least 4 members (excludes halogenated alkanes) is 62. The fourth-order valence-corrected chi connectivity index (χ4v) is 13.8. The van der Waals surface area contributed by atoms with Crippen LogP contribution in [-0.4, -0.2) is 0 Å². The van der Waals surface area contributed by atoms with Crippen molar-refractivity contribution in [3.05, 3.63) is 0 Å². The Hall–Kier alpha value is 0. The highest BCUT2D eigenvalue weighted by Crippen LogP contribution is 2.29. The zero-order chi connectivity index (χ0) is 56.8. The highest BCUT2D eigenvalue weighted by molar-refractivity contribution is 4.66. The molecule has 0 N–H and O–H groups in total. The van der Waals surface area contributed by atoms with Crippen molar-refractivity contribution in [1.82, 2.24) is 0 Å². The van der Waals surface area contributed by atoms with Crippen molar-refractivity contribution >= 4 is 0 Å². The van der Waals surface area contributed by atoms with E-state index in [0.717, 1.165) is 11.8 Å². The molecule has 0 aromatic rings. The average molecular weight is 1110 g/mol. The van der Waals surface area contributed by atoms with Gasteiger partial charge in [0.05, 0.1) is 0 Å². The summed E-state index contributed by atoms with van der Waals surface area (Å²) in [4.78, 5) is 0. The maximum absolute atomic E-state index is 2.33. The second-order valence-electron chi connectivity index (χ2n) is 27.7. The maximum atomic E-state index is 2.33. The van der Waals surface area contributed by atoms with Crippen LogP contribution in [-0.2, 0) is 0 Å². The van der Waals surface area contributed by atoms with Crippen molar-refractivity contribution in [1.29, 1.82) is 0 Å². The molecule has 476 valence electrons. The molecular formula is C79H160. The van der Waals surface area contributed by atoms with Crippen LogP contribution in [0, 0.1) is 11.8 Å². The van der Waals surface area contributed by atoms with Crippen molar-refractivity contribution in [2.75, 3.05) is 0 Å². The van der Waals surface area contributed by atoms with Gasteiger partial charge < -0.3 is 0 Å². The molecule has 0 saturated heterocycles. The molecule has 0 aliphatic carbocycles. The van der Waals surface area contributed by atoms with Crippen LogP contribution >= 0.6 is 0 Å². The molecule has 0 spiro atoms. The fourth-order valence-electron chi connectivity index (χ4n) is 13.8. The zero-order valence-corrected chi connectivity index (χ0v) is 56.8. The Morgan fingerprint density at radius 1 is 0.101 bits per heavy atom. The molecule has 0 atom stereocenters. The first-order valence-electron chi connectivity index (χ1n) is 39.3. The summed E-state index contributed by atoms with van der Waals surface area (Å²) in [5, 5.41) is 0. The summed E-state index contributed by atoms with van der Waals surface area (Å²) in [6.45, 7) is 9.32. The van der Waals surface area contributed by atoms with Crippen LogP contribution in [0.5, 0.6) is 0 Å². The number of hydrogen-bond acceptors (Lipinski definition) is 0. The SMILES string of the molecule is CCCCCCCCCCCCCCCCCCC(CCCCCCCCCCCCCCCCCC)CCCCCC(CCCCCCCCCCCCCCCCCC)CCCCCCCCCCCCCCCCCC. The molecule has 0 saturated carbocycles. The molecule has 0 heterocycles. The van der Waals surface area contributed by atoms with Gasteiger partial charge in [-0.25, -0.2) is 0 Å². The van der Waals surface area contributed by atoms with E-state index < -0.39 is 0 Å². The minimum Gasteiger partial charge on any atom is -0.0654 e. The van der Waals surface area contributed by atoms with Crippen LogP contribution in [0.3, 0.4) is 0 Å². The van der Waals surface area contributed by atoms with Crippen molar-refractivity contribution in [3.63, 3.8) is 0 Å². The third-order valence-electron chi connectivity index (χ3n) is 19.6. The van der Waals surface area contributed by atoms with Crippen molar-refractivity contribution in [2.24, 2.45) is 11.8 Å². The predicted octanol–water partition coefficient (Wildman–Crippen LogP) is 30.8. The van der Waals surface area contributed by atoms with Crippen LogP contribution in [0.2, 0.25) is 0 Å². The monoisotopic (exact) mass is 1110 g/mol. The quantitative estimate of drug-likeness (QED) is 0.0533. The molecule has 0 unspecified atom stereocenters. The number of hydrogen-bond donors (Lipinski definition) is 0. The Kier molecular flexibility index (Phi) is 74.1. The molecular weight excluding hydrogens is 949 g/mol. The second-order valence-corrected chi connectivity index (χ2v) is 27.7. The van der Waals surface area contributed by atoms with Crippen LogP contribution in [0.15, 0.2) is 0 Å². The first kappa shape index (κ1) is 79.0. The topological polar surface area (TPSA) is 0 Å². The summed E-state index contributed by atoms with van der Waals surface area (Å²) >= 11 is 0. The summed E-state index contributed by atoms with van der Waals surface area (Å²) in [7, 11) is 0. The Morgan fingerprint density at radius 2 is 0.177 bits per heavy atom. The van der Waals surface area contributed by atoms with Crippen molar-refractivity contribution in [2.45, 2.75) is 496 Å². The highest BCUT2D eigenvalue weighted by Gasteiger charge is 2.12. The van der Waals surface area contributed by atoms with E-state index >= 15 is 0 Å². The average Bonchev–Trinajstić information content (AvgIpc) is 3.46. The molecule has 0 bridgehead atoms. The molecule has 0 aromatic heterocycles. The van der Waals surface area contributed by atoms with E-state index in [2.05, 4.69) is 27.7 Å². The summed E-state index contributed by atoms with van der Waals surface area (Å²) in [6.07, 6.45) is 109. The Bertz CT molecular complexity index is 846. The first-order chi connectivity index (χ1) is 39.3. The van der Waals surface area contributed by atoms with E-state index in [-0.39, 0.29) is 0 Å². The highest BCUT2D eigenvalue weighted by atomic mass is 14.2. The lowest BCUT2D eigenvalue weighted by Gasteiger charge is -2.19. The van der Waals surface area contributed by atoms with Crippen LogP contribution in [0.1, 0.15) is 496 Å². The summed E-state index contributed by atoms with van der Waals surface area (Å²) in [5.74, 6) is 2.04. The Balaban J connectivity index is 4.71. The lowest BCUT2D eigenvalue weighted by molar-refractivity contribution is 0.345. The summed E-state index contributed by atoms with van der Waals surface area (Å²) in [6, 6.07) is 0. The molecule has 0 fully saturated rings. The molecule has 79 heavy (non-hydrogen) atoms. The van der Waals surface area contributed by atoms with E-state index in [4.69, 9.17) is 0 Å². The van der Waals surface area contributed by atoms with Gasteiger partial charge in [0.15, 0.2) is 0 Å². The smallest absolute Gasteiger partial charge is 0.0414 e. The zero-order valence-electron chi connectivity index (χ0n) is 56.8. The molecule has 0 rings (SSSR count). The molecule has 0 amide bonds. The summed E-state index contributed by atoms with van der Waals surface area (Å²) in [5.41, 5.74) is 0. The maximum Gasteiger partial charge on any atom is -0.0414 e. The van der Waals surface area contributed by atoms with Gasteiger partial charge in [0, 0.05) is 0 Å². The van der Waals surface area contributed by atoms with E-state index in [1.165, 1.54) is 456 Å². The third-order valence-corrected chi connectivity index (χ3v) is 19.6. The van der Waals surface area contributed by atoms with E-state index in [9.17, 15) is 0 Å².